The van der Waals surface area contributed by atoms with Crippen LogP contribution in [0.1, 0.15) is 38.3 Å². The normalized spacial score (nSPS) is 12.0. The van der Waals surface area contributed by atoms with Crippen LogP contribution in [0, 0.1) is 5.41 Å². The Hall–Kier alpha value is -5.63. The summed E-state index contributed by atoms with van der Waals surface area (Å²) in [6, 6.07) is 33.2. The van der Waals surface area contributed by atoms with E-state index in [0.29, 0.717) is 23.7 Å². The molecule has 0 N–H and O–H groups in total. The minimum Gasteiger partial charge on any atom is -0.461 e. The second-order valence-electron chi connectivity index (χ2n) is 11.2. The number of hydrogen-bond acceptors (Lipinski definition) is 8. The van der Waals surface area contributed by atoms with Gasteiger partial charge in [0.2, 0.25) is 0 Å². The zero-order chi connectivity index (χ0) is 33.5. The van der Waals surface area contributed by atoms with Crippen molar-refractivity contribution in [3.8, 4) is 23.0 Å². The van der Waals surface area contributed by atoms with Gasteiger partial charge in [0.25, 0.3) is 0 Å². The zero-order valence-corrected chi connectivity index (χ0v) is 26.7. The largest absolute Gasteiger partial charge is 0.461 e. The fraction of sp³-hybridized carbons (Fsp3) is 0.205. The number of benzene rings is 4. The molecule has 4 rings (SSSR count). The average Bonchev–Trinajstić information content (AvgIpc) is 3.09. The topological polar surface area (TPSA) is 97.4 Å². The summed E-state index contributed by atoms with van der Waals surface area (Å²) in [5.74, 6) is 0.965. The summed E-state index contributed by atoms with van der Waals surface area (Å²) in [5.41, 5.74) is 0.781. The Kier molecular flexibility index (Phi) is 12.5. The highest BCUT2D eigenvalue weighted by Crippen LogP contribution is 2.24. The molecule has 242 valence electrons. The maximum Gasteiger partial charge on any atom is 0.331 e. The van der Waals surface area contributed by atoms with Gasteiger partial charge in [-0.1, -0.05) is 67.6 Å². The lowest BCUT2D eigenvalue weighted by atomic mass is 9.91. The monoisotopic (exact) mass is 634 g/mol. The molecule has 0 aliphatic carbocycles. The van der Waals surface area contributed by atoms with Crippen LogP contribution in [0.4, 0.5) is 0 Å². The van der Waals surface area contributed by atoms with Gasteiger partial charge in [-0.05, 0) is 92.1 Å². The predicted octanol–water partition coefficient (Wildman–Crippen LogP) is 8.43. The molecular formula is C39H38O8. The van der Waals surface area contributed by atoms with E-state index >= 15 is 0 Å². The molecule has 0 aliphatic heterocycles. The van der Waals surface area contributed by atoms with Crippen molar-refractivity contribution in [2.24, 2.45) is 5.41 Å². The van der Waals surface area contributed by atoms with E-state index in [0.717, 1.165) is 16.9 Å². The molecule has 1 unspecified atom stereocenters. The van der Waals surface area contributed by atoms with Gasteiger partial charge in [0.05, 0.1) is 5.41 Å². The molecular weight excluding hydrogens is 596 g/mol. The molecule has 47 heavy (non-hydrogen) atoms. The first-order valence-electron chi connectivity index (χ1n) is 15.3. The molecule has 0 spiro atoms. The molecule has 0 aliphatic rings. The Morgan fingerprint density at radius 2 is 1.02 bits per heavy atom. The van der Waals surface area contributed by atoms with Crippen LogP contribution >= 0.6 is 0 Å². The summed E-state index contributed by atoms with van der Waals surface area (Å²) >= 11 is 0. The number of esters is 3. The van der Waals surface area contributed by atoms with Gasteiger partial charge >= 0.3 is 17.9 Å². The number of para-hydroxylation sites is 2. The molecule has 4 aromatic rings. The van der Waals surface area contributed by atoms with Gasteiger partial charge < -0.3 is 23.7 Å². The van der Waals surface area contributed by atoms with Gasteiger partial charge in [-0.25, -0.2) is 9.59 Å². The third kappa shape index (κ3) is 11.7. The molecule has 0 heterocycles. The summed E-state index contributed by atoms with van der Waals surface area (Å²) in [4.78, 5) is 37.7. The Balaban J connectivity index is 1.31. The van der Waals surface area contributed by atoms with Crippen molar-refractivity contribution in [1.82, 2.24) is 0 Å². The summed E-state index contributed by atoms with van der Waals surface area (Å²) in [7, 11) is 0. The van der Waals surface area contributed by atoms with Crippen LogP contribution in [0.25, 0.3) is 12.2 Å². The number of rotatable bonds is 15. The van der Waals surface area contributed by atoms with Crippen molar-refractivity contribution in [3.63, 3.8) is 0 Å². The Morgan fingerprint density at radius 3 is 1.49 bits per heavy atom. The zero-order valence-electron chi connectivity index (χ0n) is 26.7. The third-order valence-corrected chi connectivity index (χ3v) is 7.07. The Morgan fingerprint density at radius 1 is 0.596 bits per heavy atom. The highest BCUT2D eigenvalue weighted by Gasteiger charge is 2.28. The van der Waals surface area contributed by atoms with Crippen LogP contribution in [-0.2, 0) is 28.6 Å². The molecule has 8 nitrogen and oxygen atoms in total. The average molecular weight is 635 g/mol. The molecule has 0 aromatic heterocycles. The van der Waals surface area contributed by atoms with Crippen molar-refractivity contribution in [1.29, 1.82) is 0 Å². The summed E-state index contributed by atoms with van der Waals surface area (Å²) in [6.45, 7) is 4.83. The van der Waals surface area contributed by atoms with Crippen molar-refractivity contribution >= 4 is 30.1 Å². The number of ether oxygens (including phenoxy) is 5. The summed E-state index contributed by atoms with van der Waals surface area (Å²) < 4.78 is 27.9. The molecule has 0 bridgehead atoms. The van der Waals surface area contributed by atoms with Gasteiger partial charge in [-0.3, -0.25) is 4.79 Å². The first-order valence-corrected chi connectivity index (χ1v) is 15.3. The standard InChI is InChI=1S/C39H38O8/c1-4-39(2,3)38(42)44-28-35(47-37(41)26-20-30-17-23-34(24-18-30)46-32-13-9-6-10-14-32)27-43-36(40)25-19-29-15-21-33(22-16-29)45-31-11-7-5-8-12-31/h5-26,35H,4,27-28H2,1-3H3/b25-19+,26-20+. The summed E-state index contributed by atoms with van der Waals surface area (Å²) in [5, 5.41) is 0. The van der Waals surface area contributed by atoms with E-state index in [1.54, 1.807) is 74.5 Å². The van der Waals surface area contributed by atoms with E-state index in [1.165, 1.54) is 12.2 Å². The van der Waals surface area contributed by atoms with E-state index in [2.05, 4.69) is 0 Å². The molecule has 4 aromatic carbocycles. The first-order chi connectivity index (χ1) is 22.7. The second-order valence-corrected chi connectivity index (χ2v) is 11.2. The quantitative estimate of drug-likeness (QED) is 0.0730. The minimum atomic E-state index is -1.02. The Labute approximate surface area is 275 Å². The fourth-order valence-electron chi connectivity index (χ4n) is 3.92. The van der Waals surface area contributed by atoms with Crippen molar-refractivity contribution in [2.45, 2.75) is 33.3 Å². The second kappa shape index (κ2) is 17.2. The maximum absolute atomic E-state index is 12.7. The van der Waals surface area contributed by atoms with Crippen LogP contribution in [0.2, 0.25) is 0 Å². The van der Waals surface area contributed by atoms with E-state index in [9.17, 15) is 14.4 Å². The van der Waals surface area contributed by atoms with Crippen LogP contribution in [0.3, 0.4) is 0 Å². The summed E-state index contributed by atoms with van der Waals surface area (Å²) in [6.07, 6.45) is 5.25. The lowest BCUT2D eigenvalue weighted by molar-refractivity contribution is -0.167. The van der Waals surface area contributed by atoms with Crippen LogP contribution < -0.4 is 9.47 Å². The molecule has 0 fully saturated rings. The van der Waals surface area contributed by atoms with Crippen molar-refractivity contribution in [2.75, 3.05) is 13.2 Å². The minimum absolute atomic E-state index is 0.271. The Bertz CT molecular complexity index is 1640. The third-order valence-electron chi connectivity index (χ3n) is 7.07. The van der Waals surface area contributed by atoms with Gasteiger partial charge in [-0.15, -0.1) is 0 Å². The van der Waals surface area contributed by atoms with Gasteiger partial charge in [0, 0.05) is 12.2 Å². The molecule has 0 amide bonds. The molecule has 8 heteroatoms. The van der Waals surface area contributed by atoms with Gasteiger partial charge in [0.1, 0.15) is 36.2 Å². The van der Waals surface area contributed by atoms with Gasteiger partial charge in [-0.2, -0.15) is 0 Å². The number of hydrogen-bond donors (Lipinski definition) is 0. The number of carbonyl (C=O) groups excluding carboxylic acids is 3. The predicted molar refractivity (Wildman–Crippen MR) is 180 cm³/mol. The number of carbonyl (C=O) groups is 3. The highest BCUT2D eigenvalue weighted by molar-refractivity contribution is 5.88. The van der Waals surface area contributed by atoms with E-state index in [1.807, 2.05) is 67.6 Å². The molecule has 1 atom stereocenters. The fourth-order valence-corrected chi connectivity index (χ4v) is 3.92. The molecule has 0 saturated carbocycles. The van der Waals surface area contributed by atoms with Crippen molar-refractivity contribution < 1.29 is 38.1 Å². The van der Waals surface area contributed by atoms with Crippen molar-refractivity contribution in [3.05, 3.63) is 132 Å². The lowest BCUT2D eigenvalue weighted by Gasteiger charge is -2.23. The van der Waals surface area contributed by atoms with Crippen LogP contribution in [0.15, 0.2) is 121 Å². The first kappa shape index (κ1) is 34.2. The van der Waals surface area contributed by atoms with Gasteiger partial charge in [0.15, 0.2) is 6.10 Å². The molecule has 0 radical (unpaired) electrons. The van der Waals surface area contributed by atoms with E-state index in [4.69, 9.17) is 23.7 Å². The SMILES string of the molecule is CCC(C)(C)C(=O)OCC(COC(=O)/C=C/c1ccc(Oc2ccccc2)cc1)OC(=O)/C=C/c1ccc(Oc2ccccc2)cc1. The van der Waals surface area contributed by atoms with Crippen LogP contribution in [-0.4, -0.2) is 37.2 Å². The smallest absolute Gasteiger partial charge is 0.331 e. The van der Waals surface area contributed by atoms with Crippen LogP contribution in [0.5, 0.6) is 23.0 Å². The highest BCUT2D eigenvalue weighted by atomic mass is 16.6. The van der Waals surface area contributed by atoms with E-state index < -0.39 is 29.4 Å². The lowest BCUT2D eigenvalue weighted by Crippen LogP contribution is -2.33. The maximum atomic E-state index is 12.7. The van der Waals surface area contributed by atoms with E-state index in [-0.39, 0.29) is 13.2 Å². The molecule has 0 saturated heterocycles.